The number of amides is 1. The number of carbonyl (C=O) groups is 1. The van der Waals surface area contributed by atoms with Crippen LogP contribution in [0, 0.1) is 0 Å². The highest BCUT2D eigenvalue weighted by Crippen LogP contribution is 2.03. The molecule has 0 bridgehead atoms. The zero-order chi connectivity index (χ0) is 9.97. The monoisotopic (exact) mass is 193 g/mol. The van der Waals surface area contributed by atoms with Crippen molar-refractivity contribution < 1.29 is 9.63 Å². The zero-order valence-electron chi connectivity index (χ0n) is 7.12. The molecule has 0 aliphatic heterocycles. The second-order valence-electron chi connectivity index (χ2n) is 2.55. The number of nitrogens with two attached hydrogens (primary N) is 1. The Labute approximate surface area is 78.4 Å². The summed E-state index contributed by atoms with van der Waals surface area (Å²) >= 11 is 0. The SMILES string of the molecule is NC(=O)COn1nnc2cccnc21. The van der Waals surface area contributed by atoms with Crippen LogP contribution in [0.2, 0.25) is 0 Å². The molecule has 72 valence electrons. The Hall–Kier alpha value is -2.18. The van der Waals surface area contributed by atoms with Crippen LogP contribution in [0.15, 0.2) is 18.3 Å². The van der Waals surface area contributed by atoms with Gasteiger partial charge in [-0.2, -0.15) is 0 Å². The van der Waals surface area contributed by atoms with Crippen molar-refractivity contribution in [3.05, 3.63) is 18.3 Å². The highest BCUT2D eigenvalue weighted by molar-refractivity contribution is 5.75. The third kappa shape index (κ3) is 1.47. The van der Waals surface area contributed by atoms with Crippen LogP contribution in [-0.4, -0.2) is 32.7 Å². The Morgan fingerprint density at radius 1 is 1.64 bits per heavy atom. The van der Waals surface area contributed by atoms with E-state index < -0.39 is 5.91 Å². The van der Waals surface area contributed by atoms with E-state index in [9.17, 15) is 4.79 Å². The molecule has 1 amide bonds. The van der Waals surface area contributed by atoms with Gasteiger partial charge in [0.15, 0.2) is 6.61 Å². The molecule has 2 aromatic heterocycles. The molecule has 0 aliphatic carbocycles. The van der Waals surface area contributed by atoms with E-state index in [1.165, 1.54) is 0 Å². The molecule has 0 spiro atoms. The number of nitrogens with zero attached hydrogens (tertiary/aromatic N) is 4. The maximum Gasteiger partial charge on any atom is 0.258 e. The van der Waals surface area contributed by atoms with Crippen molar-refractivity contribution in [3.8, 4) is 0 Å². The van der Waals surface area contributed by atoms with Gasteiger partial charge in [0, 0.05) is 6.20 Å². The second-order valence-corrected chi connectivity index (χ2v) is 2.55. The summed E-state index contributed by atoms with van der Waals surface area (Å²) in [7, 11) is 0. The zero-order valence-corrected chi connectivity index (χ0v) is 7.12. The predicted molar refractivity (Wildman–Crippen MR) is 46.0 cm³/mol. The molecular formula is C7H7N5O2. The summed E-state index contributed by atoms with van der Waals surface area (Å²) in [6.07, 6.45) is 1.58. The molecule has 7 heteroatoms. The van der Waals surface area contributed by atoms with Gasteiger partial charge in [0.2, 0.25) is 5.65 Å². The van der Waals surface area contributed by atoms with E-state index in [1.807, 2.05) is 0 Å². The van der Waals surface area contributed by atoms with Crippen molar-refractivity contribution in [1.82, 2.24) is 20.1 Å². The Morgan fingerprint density at radius 3 is 3.29 bits per heavy atom. The summed E-state index contributed by atoms with van der Waals surface area (Å²) in [6.45, 7) is -0.255. The van der Waals surface area contributed by atoms with E-state index in [0.717, 1.165) is 4.85 Å². The lowest BCUT2D eigenvalue weighted by Gasteiger charge is -2.00. The number of hydrogen-bond acceptors (Lipinski definition) is 5. The first-order valence-corrected chi connectivity index (χ1v) is 3.85. The summed E-state index contributed by atoms with van der Waals surface area (Å²) in [5, 5.41) is 7.41. The highest BCUT2D eigenvalue weighted by Gasteiger charge is 2.05. The first-order chi connectivity index (χ1) is 6.77. The fraction of sp³-hybridized carbons (Fsp3) is 0.143. The maximum absolute atomic E-state index is 10.4. The Balaban J connectivity index is 2.29. The molecule has 7 nitrogen and oxygen atoms in total. The van der Waals surface area contributed by atoms with Crippen molar-refractivity contribution in [2.45, 2.75) is 0 Å². The average Bonchev–Trinajstić information content (AvgIpc) is 2.58. The smallest absolute Gasteiger partial charge is 0.258 e. The molecule has 0 aromatic carbocycles. The van der Waals surface area contributed by atoms with Crippen molar-refractivity contribution in [1.29, 1.82) is 0 Å². The first kappa shape index (κ1) is 8.42. The number of fused-ring (bicyclic) bond motifs is 1. The summed E-state index contributed by atoms with van der Waals surface area (Å²) in [4.78, 5) is 20.4. The number of pyridine rings is 1. The van der Waals surface area contributed by atoms with Crippen LogP contribution in [-0.2, 0) is 4.79 Å². The number of hydrogen-bond donors (Lipinski definition) is 1. The lowest BCUT2D eigenvalue weighted by atomic mass is 10.4. The maximum atomic E-state index is 10.4. The first-order valence-electron chi connectivity index (χ1n) is 3.85. The molecule has 0 unspecified atom stereocenters. The van der Waals surface area contributed by atoms with E-state index >= 15 is 0 Å². The molecule has 0 atom stereocenters. The van der Waals surface area contributed by atoms with Crippen LogP contribution in [0.5, 0.6) is 0 Å². The minimum atomic E-state index is -0.579. The molecule has 2 rings (SSSR count). The Morgan fingerprint density at radius 2 is 2.50 bits per heavy atom. The van der Waals surface area contributed by atoms with Gasteiger partial charge in [-0.25, -0.2) is 4.98 Å². The topological polar surface area (TPSA) is 95.9 Å². The van der Waals surface area contributed by atoms with Crippen LogP contribution < -0.4 is 10.6 Å². The summed E-state index contributed by atoms with van der Waals surface area (Å²) in [5.41, 5.74) is 5.95. The van der Waals surface area contributed by atoms with Gasteiger partial charge in [-0.1, -0.05) is 4.85 Å². The van der Waals surface area contributed by atoms with Crippen LogP contribution >= 0.6 is 0 Å². The predicted octanol–water partition coefficient (Wildman–Crippen LogP) is -1.26. The van der Waals surface area contributed by atoms with Crippen LogP contribution in [0.4, 0.5) is 0 Å². The van der Waals surface area contributed by atoms with E-state index in [0.29, 0.717) is 11.2 Å². The van der Waals surface area contributed by atoms with Gasteiger partial charge in [-0.15, -0.1) is 5.10 Å². The van der Waals surface area contributed by atoms with E-state index in [2.05, 4.69) is 15.3 Å². The van der Waals surface area contributed by atoms with Gasteiger partial charge in [0.1, 0.15) is 5.52 Å². The third-order valence-corrected chi connectivity index (χ3v) is 1.51. The van der Waals surface area contributed by atoms with E-state index in [1.54, 1.807) is 18.3 Å². The lowest BCUT2D eigenvalue weighted by Crippen LogP contribution is -2.26. The molecule has 2 N–H and O–H groups in total. The molecular weight excluding hydrogens is 186 g/mol. The number of aromatic nitrogens is 4. The number of primary amides is 1. The average molecular weight is 193 g/mol. The fourth-order valence-corrected chi connectivity index (χ4v) is 0.957. The van der Waals surface area contributed by atoms with Gasteiger partial charge < -0.3 is 10.6 Å². The quantitative estimate of drug-likeness (QED) is 0.656. The Kier molecular flexibility index (Phi) is 1.98. The molecule has 0 saturated heterocycles. The summed E-state index contributed by atoms with van der Waals surface area (Å²) < 4.78 is 0. The van der Waals surface area contributed by atoms with Crippen molar-refractivity contribution in [2.75, 3.05) is 6.61 Å². The lowest BCUT2D eigenvalue weighted by molar-refractivity contribution is -0.123. The molecule has 0 radical (unpaired) electrons. The summed E-state index contributed by atoms with van der Waals surface area (Å²) in [5.74, 6) is -0.579. The Bertz CT molecular complexity index is 466. The minimum absolute atomic E-state index is 0.255. The van der Waals surface area contributed by atoms with Crippen LogP contribution in [0.1, 0.15) is 0 Å². The van der Waals surface area contributed by atoms with Gasteiger partial charge >= 0.3 is 0 Å². The van der Waals surface area contributed by atoms with E-state index in [4.69, 9.17) is 10.6 Å². The summed E-state index contributed by atoms with van der Waals surface area (Å²) in [6, 6.07) is 3.47. The highest BCUT2D eigenvalue weighted by atomic mass is 16.7. The van der Waals surface area contributed by atoms with Crippen LogP contribution in [0.25, 0.3) is 11.2 Å². The van der Waals surface area contributed by atoms with Crippen molar-refractivity contribution in [3.63, 3.8) is 0 Å². The number of carbonyl (C=O) groups excluding carboxylic acids is 1. The molecule has 2 aromatic rings. The van der Waals surface area contributed by atoms with Crippen molar-refractivity contribution in [2.24, 2.45) is 5.73 Å². The molecule has 2 heterocycles. The molecule has 0 aliphatic rings. The second kappa shape index (κ2) is 3.29. The third-order valence-electron chi connectivity index (χ3n) is 1.51. The fourth-order valence-electron chi connectivity index (χ4n) is 0.957. The van der Waals surface area contributed by atoms with Gasteiger partial charge in [-0.3, -0.25) is 4.79 Å². The van der Waals surface area contributed by atoms with Gasteiger partial charge in [-0.05, 0) is 17.3 Å². The van der Waals surface area contributed by atoms with Crippen molar-refractivity contribution >= 4 is 17.1 Å². The molecule has 0 fully saturated rings. The standard InChI is InChI=1S/C7H7N5O2/c8-6(13)4-14-12-7-5(10-11-12)2-1-3-9-7/h1-3H,4H2,(H2,8,13). The minimum Gasteiger partial charge on any atom is -0.384 e. The van der Waals surface area contributed by atoms with Crippen LogP contribution in [0.3, 0.4) is 0 Å². The van der Waals surface area contributed by atoms with E-state index in [-0.39, 0.29) is 6.61 Å². The normalized spacial score (nSPS) is 10.3. The molecule has 14 heavy (non-hydrogen) atoms. The molecule has 0 saturated carbocycles. The van der Waals surface area contributed by atoms with Gasteiger partial charge in [0.25, 0.3) is 5.91 Å². The number of rotatable bonds is 3. The largest absolute Gasteiger partial charge is 0.384 e. The van der Waals surface area contributed by atoms with Gasteiger partial charge in [0.05, 0.1) is 0 Å².